The topological polar surface area (TPSA) is 49.9 Å². The molecule has 82 valence electrons. The van der Waals surface area contributed by atoms with Crippen LogP contribution < -0.4 is 5.56 Å². The Morgan fingerprint density at radius 3 is 2.73 bits per heavy atom. The first-order valence-corrected chi connectivity index (χ1v) is 5.38. The number of Topliss-reactive ketones (excluding diaryl/α,β-unsaturated/α-hetero) is 1. The molecule has 0 bridgehead atoms. The molecule has 1 aromatic rings. The zero-order chi connectivity index (χ0) is 11.3. The van der Waals surface area contributed by atoms with Gasteiger partial charge in [-0.15, -0.1) is 0 Å². The lowest BCUT2D eigenvalue weighted by molar-refractivity contribution is 0.101. The minimum atomic E-state index is -0.267. The molecule has 0 atom stereocenters. The fraction of sp³-hybridized carbons (Fsp3) is 0.500. The molecule has 1 N–H and O–H groups in total. The predicted octanol–water partition coefficient (Wildman–Crippen LogP) is 2.31. The number of aryl methyl sites for hydroxylation is 1. The zero-order valence-electron chi connectivity index (χ0n) is 9.30. The van der Waals surface area contributed by atoms with E-state index >= 15 is 0 Å². The van der Waals surface area contributed by atoms with Crippen LogP contribution in [0.25, 0.3) is 0 Å². The van der Waals surface area contributed by atoms with Crippen molar-refractivity contribution in [2.45, 2.75) is 39.5 Å². The first-order chi connectivity index (χ1) is 7.16. The van der Waals surface area contributed by atoms with E-state index in [1.165, 1.54) is 6.92 Å². The number of hydrogen-bond acceptors (Lipinski definition) is 2. The third-order valence-corrected chi connectivity index (χ3v) is 2.45. The molecule has 0 saturated carbocycles. The second kappa shape index (κ2) is 5.49. The van der Waals surface area contributed by atoms with Gasteiger partial charge in [0.15, 0.2) is 5.78 Å². The van der Waals surface area contributed by atoms with Crippen molar-refractivity contribution in [3.63, 3.8) is 0 Å². The van der Waals surface area contributed by atoms with Crippen molar-refractivity contribution in [3.05, 3.63) is 33.7 Å². The van der Waals surface area contributed by atoms with E-state index < -0.39 is 0 Å². The van der Waals surface area contributed by atoms with Crippen molar-refractivity contribution in [2.75, 3.05) is 0 Å². The highest BCUT2D eigenvalue weighted by Gasteiger charge is 2.10. The normalized spacial score (nSPS) is 10.3. The SMILES string of the molecule is CCCCCc1cc[nH]c(=O)c1C(C)=O. The summed E-state index contributed by atoms with van der Waals surface area (Å²) >= 11 is 0. The Labute approximate surface area is 89.5 Å². The Balaban J connectivity index is 2.91. The molecule has 0 aliphatic rings. The number of hydrogen-bond donors (Lipinski definition) is 1. The van der Waals surface area contributed by atoms with E-state index in [9.17, 15) is 9.59 Å². The molecule has 3 nitrogen and oxygen atoms in total. The molecule has 1 heterocycles. The standard InChI is InChI=1S/C12H17NO2/c1-3-4-5-6-10-7-8-13-12(15)11(10)9(2)14/h7-8H,3-6H2,1-2H3,(H,13,15). The van der Waals surface area contributed by atoms with Gasteiger partial charge < -0.3 is 4.98 Å². The van der Waals surface area contributed by atoms with Gasteiger partial charge in [-0.1, -0.05) is 19.8 Å². The predicted molar refractivity (Wildman–Crippen MR) is 60.3 cm³/mol. The van der Waals surface area contributed by atoms with Gasteiger partial charge in [-0.05, 0) is 31.4 Å². The number of carbonyl (C=O) groups excluding carboxylic acids is 1. The Kier molecular flexibility index (Phi) is 4.28. The molecule has 0 radical (unpaired) electrons. The van der Waals surface area contributed by atoms with Gasteiger partial charge in [0.2, 0.25) is 0 Å². The molecule has 0 amide bonds. The van der Waals surface area contributed by atoms with Crippen LogP contribution in [0.2, 0.25) is 0 Å². The molecular formula is C12H17NO2. The number of rotatable bonds is 5. The fourth-order valence-corrected chi connectivity index (χ4v) is 1.68. The maximum Gasteiger partial charge on any atom is 0.259 e. The van der Waals surface area contributed by atoms with E-state index in [0.29, 0.717) is 5.56 Å². The van der Waals surface area contributed by atoms with Crippen molar-refractivity contribution in [2.24, 2.45) is 0 Å². The fourth-order valence-electron chi connectivity index (χ4n) is 1.68. The summed E-state index contributed by atoms with van der Waals surface area (Å²) in [6.45, 7) is 3.57. The average molecular weight is 207 g/mol. The molecule has 0 aliphatic carbocycles. The van der Waals surface area contributed by atoms with E-state index in [2.05, 4.69) is 11.9 Å². The van der Waals surface area contributed by atoms with Gasteiger partial charge in [-0.2, -0.15) is 0 Å². The molecule has 0 aliphatic heterocycles. The van der Waals surface area contributed by atoms with E-state index in [1.807, 2.05) is 6.07 Å². The summed E-state index contributed by atoms with van der Waals surface area (Å²) in [6, 6.07) is 1.83. The lowest BCUT2D eigenvalue weighted by Crippen LogP contribution is -2.18. The van der Waals surface area contributed by atoms with Crippen LogP contribution in [-0.2, 0) is 6.42 Å². The number of H-pyrrole nitrogens is 1. The summed E-state index contributed by atoms with van der Waals surface area (Å²) in [7, 11) is 0. The lowest BCUT2D eigenvalue weighted by Gasteiger charge is -2.04. The molecule has 0 fully saturated rings. The number of unbranched alkanes of at least 4 members (excludes halogenated alkanes) is 2. The number of aromatic nitrogens is 1. The number of nitrogens with one attached hydrogen (secondary N) is 1. The number of carbonyl (C=O) groups is 1. The third kappa shape index (κ3) is 3.05. The molecule has 15 heavy (non-hydrogen) atoms. The van der Waals surface area contributed by atoms with Crippen LogP contribution in [-0.4, -0.2) is 10.8 Å². The maximum atomic E-state index is 11.4. The van der Waals surface area contributed by atoms with Crippen LogP contribution >= 0.6 is 0 Å². The lowest BCUT2D eigenvalue weighted by atomic mass is 10.0. The molecule has 1 aromatic heterocycles. The van der Waals surface area contributed by atoms with Crippen molar-refractivity contribution in [3.8, 4) is 0 Å². The molecule has 3 heteroatoms. The minimum absolute atomic E-state index is 0.150. The minimum Gasteiger partial charge on any atom is -0.328 e. The van der Waals surface area contributed by atoms with Gasteiger partial charge in [0.25, 0.3) is 5.56 Å². The summed E-state index contributed by atoms with van der Waals surface area (Å²) in [5.74, 6) is -0.150. The molecule has 0 spiro atoms. The Morgan fingerprint density at radius 2 is 2.13 bits per heavy atom. The smallest absolute Gasteiger partial charge is 0.259 e. The second-order valence-corrected chi connectivity index (χ2v) is 3.72. The average Bonchev–Trinajstić information content (AvgIpc) is 2.17. The van der Waals surface area contributed by atoms with Gasteiger partial charge >= 0.3 is 0 Å². The van der Waals surface area contributed by atoms with Crippen molar-refractivity contribution < 1.29 is 4.79 Å². The van der Waals surface area contributed by atoms with Crippen LogP contribution in [0.3, 0.4) is 0 Å². The Morgan fingerprint density at radius 1 is 1.40 bits per heavy atom. The molecular weight excluding hydrogens is 190 g/mol. The van der Waals surface area contributed by atoms with E-state index in [-0.39, 0.29) is 11.3 Å². The monoisotopic (exact) mass is 207 g/mol. The van der Waals surface area contributed by atoms with Crippen molar-refractivity contribution >= 4 is 5.78 Å². The van der Waals surface area contributed by atoms with Crippen LogP contribution in [0.4, 0.5) is 0 Å². The summed E-state index contributed by atoms with van der Waals surface area (Å²) < 4.78 is 0. The summed E-state index contributed by atoms with van der Waals surface area (Å²) in [6.07, 6.45) is 5.71. The van der Waals surface area contributed by atoms with Crippen molar-refractivity contribution in [1.29, 1.82) is 0 Å². The molecule has 0 saturated heterocycles. The number of aromatic amines is 1. The highest BCUT2D eigenvalue weighted by atomic mass is 16.1. The van der Waals surface area contributed by atoms with Crippen LogP contribution in [0.5, 0.6) is 0 Å². The highest BCUT2D eigenvalue weighted by Crippen LogP contribution is 2.09. The van der Waals surface area contributed by atoms with Gasteiger partial charge in [0.1, 0.15) is 0 Å². The van der Waals surface area contributed by atoms with Crippen LogP contribution in [0.15, 0.2) is 17.1 Å². The van der Waals surface area contributed by atoms with Gasteiger partial charge in [-0.25, -0.2) is 0 Å². The second-order valence-electron chi connectivity index (χ2n) is 3.72. The maximum absolute atomic E-state index is 11.4. The van der Waals surface area contributed by atoms with Gasteiger partial charge in [-0.3, -0.25) is 9.59 Å². The third-order valence-electron chi connectivity index (χ3n) is 2.45. The number of ketones is 1. The van der Waals surface area contributed by atoms with Gasteiger partial charge in [0.05, 0.1) is 5.56 Å². The first-order valence-electron chi connectivity index (χ1n) is 5.38. The zero-order valence-corrected chi connectivity index (χ0v) is 9.30. The summed E-state index contributed by atoms with van der Waals surface area (Å²) in [5, 5.41) is 0. The van der Waals surface area contributed by atoms with E-state index in [4.69, 9.17) is 0 Å². The van der Waals surface area contributed by atoms with E-state index in [0.717, 1.165) is 31.2 Å². The largest absolute Gasteiger partial charge is 0.328 e. The van der Waals surface area contributed by atoms with Crippen molar-refractivity contribution in [1.82, 2.24) is 4.98 Å². The highest BCUT2D eigenvalue weighted by molar-refractivity contribution is 5.95. The Bertz CT molecular complexity index is 393. The summed E-state index contributed by atoms with van der Waals surface area (Å²) in [5.41, 5.74) is 0.935. The van der Waals surface area contributed by atoms with Crippen LogP contribution in [0.1, 0.15) is 49.0 Å². The molecule has 0 aromatic carbocycles. The molecule has 1 rings (SSSR count). The quantitative estimate of drug-likeness (QED) is 0.595. The van der Waals surface area contributed by atoms with E-state index in [1.54, 1.807) is 6.20 Å². The first kappa shape index (κ1) is 11.7. The summed E-state index contributed by atoms with van der Waals surface area (Å²) in [4.78, 5) is 25.3. The number of pyridine rings is 1. The molecule has 0 unspecified atom stereocenters. The Hall–Kier alpha value is -1.38. The van der Waals surface area contributed by atoms with Gasteiger partial charge in [0, 0.05) is 6.20 Å². The van der Waals surface area contributed by atoms with Crippen LogP contribution in [0, 0.1) is 0 Å².